The Morgan fingerprint density at radius 3 is 2.61 bits per heavy atom. The Morgan fingerprint density at radius 1 is 1.21 bits per heavy atom. The van der Waals surface area contributed by atoms with Crippen LogP contribution in [0.25, 0.3) is 10.2 Å². The summed E-state index contributed by atoms with van der Waals surface area (Å²) in [5, 5.41) is 3.19. The number of allylic oxidation sites excluding steroid dienone is 1. The lowest BCUT2D eigenvalue weighted by atomic mass is 10.2. The number of anilines is 1. The number of rotatable bonds is 11. The van der Waals surface area contributed by atoms with E-state index < -0.39 is 30.6 Å². The molecule has 38 heavy (non-hydrogen) atoms. The molecule has 0 saturated carbocycles. The monoisotopic (exact) mass is 551 g/mol. The average Bonchev–Trinajstić information content (AvgIpc) is 3.28. The Balaban J connectivity index is 0.000000926. The molecule has 2 aromatic heterocycles. The molecule has 0 aliphatic rings. The van der Waals surface area contributed by atoms with Gasteiger partial charge in [-0.2, -0.15) is 0 Å². The summed E-state index contributed by atoms with van der Waals surface area (Å²) in [4.78, 5) is 49.4. The fourth-order valence-electron chi connectivity index (χ4n) is 3.00. The molecule has 0 unspecified atom stereocenters. The summed E-state index contributed by atoms with van der Waals surface area (Å²) in [6, 6.07) is 8.15. The van der Waals surface area contributed by atoms with Crippen molar-refractivity contribution >= 4 is 45.1 Å². The molecule has 0 saturated heterocycles. The molecule has 0 aliphatic carbocycles. The first-order valence-electron chi connectivity index (χ1n) is 11.2. The topological polar surface area (TPSA) is 169 Å². The summed E-state index contributed by atoms with van der Waals surface area (Å²) >= 11 is 1.25. The molecule has 0 aliphatic heterocycles. The molecule has 0 spiro atoms. The third-order valence-corrected chi connectivity index (χ3v) is 5.72. The van der Waals surface area contributed by atoms with Crippen LogP contribution in [-0.4, -0.2) is 47.6 Å². The van der Waals surface area contributed by atoms with E-state index in [1.165, 1.54) is 35.2 Å². The first-order valence-corrected chi connectivity index (χ1v) is 12.0. The number of primary amides is 2. The number of aromatic nitrogens is 2. The number of unbranched alkanes of at least 4 members (excludes halogenated alkanes) is 1. The maximum Gasteiger partial charge on any atom is 0.404 e. The number of pyridine rings is 1. The minimum absolute atomic E-state index is 0.136. The Labute approximate surface area is 220 Å². The van der Waals surface area contributed by atoms with Gasteiger partial charge in [-0.1, -0.05) is 12.1 Å². The number of thiazole rings is 1. The van der Waals surface area contributed by atoms with Gasteiger partial charge in [0.15, 0.2) is 0 Å². The van der Waals surface area contributed by atoms with Crippen LogP contribution in [0.2, 0.25) is 0 Å². The van der Waals surface area contributed by atoms with E-state index in [2.05, 4.69) is 20.8 Å². The molecule has 5 N–H and O–H groups in total. The average molecular weight is 552 g/mol. The molecule has 0 fully saturated rings. The fraction of sp³-hybridized carbons (Fsp3) is 0.292. The van der Waals surface area contributed by atoms with Crippen molar-refractivity contribution in [3.63, 3.8) is 0 Å². The summed E-state index contributed by atoms with van der Waals surface area (Å²) in [5.74, 6) is -0.553. The fourth-order valence-corrected chi connectivity index (χ4v) is 4.03. The van der Waals surface area contributed by atoms with E-state index in [1.54, 1.807) is 36.5 Å². The first-order chi connectivity index (χ1) is 18.1. The summed E-state index contributed by atoms with van der Waals surface area (Å²) in [6.45, 7) is -0.566. The molecule has 204 valence electrons. The summed E-state index contributed by atoms with van der Waals surface area (Å²) in [7, 11) is 1.22. The number of hydrogen-bond acceptors (Lipinski definition) is 8. The standard InChI is InChI=1S/C22H22F2N4O4S.C2H5NO2/c23-17(24)13-32-16-8-4-6-14-21(16)33-20(27-14)12-28-11-5-7-15(22(28)31)26-19(30)10-3-1-2-9-18(25)29;1-5-2(3)4/h2,4-9,11,17H,1,3,10,12-13H2,(H2,25,29)(H,26,30);1H3,(H2,3,4)/b9-2+;. The number of carbonyl (C=O) groups excluding carboxylic acids is 3. The lowest BCUT2D eigenvalue weighted by Gasteiger charge is -2.08. The van der Waals surface area contributed by atoms with E-state index in [-0.39, 0.29) is 24.6 Å². The Morgan fingerprint density at radius 2 is 1.95 bits per heavy atom. The number of halogens is 2. The molecule has 0 bridgehead atoms. The summed E-state index contributed by atoms with van der Waals surface area (Å²) in [5.41, 5.74) is 9.76. The van der Waals surface area contributed by atoms with Crippen LogP contribution in [0.3, 0.4) is 0 Å². The van der Waals surface area contributed by atoms with Gasteiger partial charge in [-0.25, -0.2) is 18.6 Å². The maximum absolute atomic E-state index is 12.8. The van der Waals surface area contributed by atoms with Crippen LogP contribution in [0.5, 0.6) is 5.75 Å². The van der Waals surface area contributed by atoms with Crippen molar-refractivity contribution in [2.24, 2.45) is 11.5 Å². The zero-order chi connectivity index (χ0) is 28.1. The van der Waals surface area contributed by atoms with Crippen LogP contribution in [-0.2, 0) is 20.9 Å². The second-order valence-corrected chi connectivity index (χ2v) is 8.62. The van der Waals surface area contributed by atoms with Crippen LogP contribution in [0.1, 0.15) is 24.3 Å². The minimum atomic E-state index is -2.59. The number of nitrogens with one attached hydrogen (secondary N) is 1. The second kappa shape index (κ2) is 15.0. The highest BCUT2D eigenvalue weighted by molar-refractivity contribution is 7.19. The third kappa shape index (κ3) is 9.97. The van der Waals surface area contributed by atoms with E-state index >= 15 is 0 Å². The van der Waals surface area contributed by atoms with E-state index in [0.29, 0.717) is 33.8 Å². The zero-order valence-electron chi connectivity index (χ0n) is 20.4. The predicted molar refractivity (Wildman–Crippen MR) is 138 cm³/mol. The van der Waals surface area contributed by atoms with Gasteiger partial charge >= 0.3 is 6.09 Å². The van der Waals surface area contributed by atoms with Crippen molar-refractivity contribution in [2.45, 2.75) is 32.2 Å². The highest BCUT2D eigenvalue weighted by Crippen LogP contribution is 2.31. The lowest BCUT2D eigenvalue weighted by Crippen LogP contribution is -2.25. The zero-order valence-corrected chi connectivity index (χ0v) is 21.2. The highest BCUT2D eigenvalue weighted by Gasteiger charge is 2.13. The molecule has 3 amide bonds. The number of amides is 3. The van der Waals surface area contributed by atoms with E-state index in [0.717, 1.165) is 0 Å². The van der Waals surface area contributed by atoms with Gasteiger partial charge in [0.1, 0.15) is 23.1 Å². The minimum Gasteiger partial charge on any atom is -0.486 e. The summed E-state index contributed by atoms with van der Waals surface area (Å²) in [6.07, 6.45) is 2.26. The lowest BCUT2D eigenvalue weighted by molar-refractivity contribution is -0.116. The molecule has 0 atom stereocenters. The largest absolute Gasteiger partial charge is 0.486 e. The number of nitrogens with two attached hydrogens (primary N) is 2. The van der Waals surface area contributed by atoms with Gasteiger partial charge in [-0.15, -0.1) is 11.3 Å². The van der Waals surface area contributed by atoms with Gasteiger partial charge in [-0.05, 0) is 43.2 Å². The molecule has 3 aromatic rings. The van der Waals surface area contributed by atoms with Gasteiger partial charge in [-0.3, -0.25) is 14.4 Å². The summed E-state index contributed by atoms with van der Waals surface area (Å²) < 4.78 is 36.1. The normalized spacial score (nSPS) is 10.7. The second-order valence-electron chi connectivity index (χ2n) is 7.54. The number of carbonyl (C=O) groups is 3. The van der Waals surface area contributed by atoms with Crippen molar-refractivity contribution in [1.29, 1.82) is 0 Å². The molecule has 11 nitrogen and oxygen atoms in total. The number of ether oxygens (including phenoxy) is 2. The molecular formula is C24H27F2N5O6S. The van der Waals surface area contributed by atoms with Crippen LogP contribution in [0.4, 0.5) is 19.3 Å². The smallest absolute Gasteiger partial charge is 0.404 e. The number of hydrogen-bond donors (Lipinski definition) is 3. The van der Waals surface area contributed by atoms with Gasteiger partial charge in [0.25, 0.3) is 12.0 Å². The molecule has 3 rings (SSSR count). The van der Waals surface area contributed by atoms with Gasteiger partial charge < -0.3 is 30.8 Å². The molecule has 0 radical (unpaired) electrons. The number of alkyl halides is 2. The maximum atomic E-state index is 12.8. The van der Waals surface area contributed by atoms with Crippen molar-refractivity contribution in [1.82, 2.24) is 9.55 Å². The Kier molecular flexibility index (Phi) is 11.8. The molecule has 14 heteroatoms. The molecule has 2 heterocycles. The van der Waals surface area contributed by atoms with Crippen molar-refractivity contribution in [3.8, 4) is 5.75 Å². The van der Waals surface area contributed by atoms with Crippen LogP contribution in [0, 0.1) is 0 Å². The Bertz CT molecular complexity index is 1340. The number of fused-ring (bicyclic) bond motifs is 1. The SMILES string of the molecule is COC(N)=O.NC(=O)/C=C/CCCC(=O)Nc1cccn(Cc2nc3cccc(OCC(F)F)c3s2)c1=O. The third-order valence-electron chi connectivity index (χ3n) is 4.65. The van der Waals surface area contributed by atoms with Gasteiger partial charge in [0.05, 0.1) is 23.9 Å². The van der Waals surface area contributed by atoms with Gasteiger partial charge in [0.2, 0.25) is 11.8 Å². The van der Waals surface area contributed by atoms with Crippen LogP contribution < -0.4 is 27.1 Å². The van der Waals surface area contributed by atoms with E-state index in [1.807, 2.05) is 0 Å². The highest BCUT2D eigenvalue weighted by atomic mass is 32.1. The first kappa shape index (κ1) is 29.9. The predicted octanol–water partition coefficient (Wildman–Crippen LogP) is 3.01. The quantitative estimate of drug-likeness (QED) is 0.243. The van der Waals surface area contributed by atoms with Crippen molar-refractivity contribution in [3.05, 3.63) is 64.0 Å². The van der Waals surface area contributed by atoms with Crippen LogP contribution >= 0.6 is 11.3 Å². The number of methoxy groups -OCH3 is 1. The van der Waals surface area contributed by atoms with E-state index in [4.69, 9.17) is 10.5 Å². The van der Waals surface area contributed by atoms with Crippen LogP contribution in [0.15, 0.2) is 53.5 Å². The van der Waals surface area contributed by atoms with Gasteiger partial charge in [0, 0.05) is 12.6 Å². The number of benzene rings is 1. The Hall–Kier alpha value is -4.33. The molecule has 1 aromatic carbocycles. The molecular weight excluding hydrogens is 524 g/mol. The van der Waals surface area contributed by atoms with Crippen molar-refractivity contribution in [2.75, 3.05) is 19.0 Å². The number of nitrogens with zero attached hydrogens (tertiary/aromatic N) is 2. The van der Waals surface area contributed by atoms with E-state index in [9.17, 15) is 28.0 Å². The van der Waals surface area contributed by atoms with Crippen molar-refractivity contribution < 1.29 is 32.6 Å².